The van der Waals surface area contributed by atoms with Crippen molar-refractivity contribution in [1.29, 1.82) is 0 Å². The van der Waals surface area contributed by atoms with Crippen molar-refractivity contribution in [3.05, 3.63) is 45.5 Å². The average molecular weight is 362 g/mol. The summed E-state index contributed by atoms with van der Waals surface area (Å²) >= 11 is 3.31. The Morgan fingerprint density at radius 3 is 2.55 bits per heavy atom. The SMILES string of the molecule is CS(=O)(=O)OCCn1ncn(-c2ccc(Br)cc2)c1=O. The third-order valence-corrected chi connectivity index (χ3v) is 3.56. The zero-order valence-corrected chi connectivity index (χ0v) is 13.0. The van der Waals surface area contributed by atoms with Crippen molar-refractivity contribution in [1.82, 2.24) is 14.3 Å². The highest BCUT2D eigenvalue weighted by Crippen LogP contribution is 2.12. The van der Waals surface area contributed by atoms with Crippen molar-refractivity contribution in [2.45, 2.75) is 6.54 Å². The number of hydrogen-bond donors (Lipinski definition) is 0. The smallest absolute Gasteiger partial charge is 0.268 e. The third-order valence-electron chi connectivity index (χ3n) is 2.44. The molecule has 0 radical (unpaired) electrons. The number of aromatic nitrogens is 3. The van der Waals surface area contributed by atoms with Crippen LogP contribution in [0, 0.1) is 0 Å². The normalized spacial score (nSPS) is 11.7. The predicted octanol–water partition coefficient (Wildman–Crippen LogP) is 0.773. The minimum absolute atomic E-state index is 0.0649. The Morgan fingerprint density at radius 1 is 1.30 bits per heavy atom. The van der Waals surface area contributed by atoms with E-state index in [0.717, 1.165) is 15.4 Å². The van der Waals surface area contributed by atoms with Crippen LogP contribution in [0.15, 0.2) is 39.9 Å². The maximum Gasteiger partial charge on any atom is 0.350 e. The summed E-state index contributed by atoms with van der Waals surface area (Å²) in [5.41, 5.74) is 0.318. The highest BCUT2D eigenvalue weighted by molar-refractivity contribution is 9.10. The molecule has 7 nitrogen and oxygen atoms in total. The largest absolute Gasteiger partial charge is 0.350 e. The Bertz CT molecular complexity index is 749. The fourth-order valence-electron chi connectivity index (χ4n) is 1.54. The van der Waals surface area contributed by atoms with Crippen LogP contribution >= 0.6 is 15.9 Å². The monoisotopic (exact) mass is 361 g/mol. The van der Waals surface area contributed by atoms with Crippen LogP contribution in [0.25, 0.3) is 5.69 Å². The van der Waals surface area contributed by atoms with E-state index in [4.69, 9.17) is 0 Å². The predicted molar refractivity (Wildman–Crippen MR) is 76.3 cm³/mol. The Hall–Kier alpha value is -1.45. The van der Waals surface area contributed by atoms with E-state index < -0.39 is 10.1 Å². The first-order valence-corrected chi connectivity index (χ1v) is 8.22. The molecule has 0 saturated carbocycles. The average Bonchev–Trinajstić information content (AvgIpc) is 2.71. The quantitative estimate of drug-likeness (QED) is 0.734. The van der Waals surface area contributed by atoms with Gasteiger partial charge in [0.2, 0.25) is 0 Å². The lowest BCUT2D eigenvalue weighted by molar-refractivity contribution is 0.294. The van der Waals surface area contributed by atoms with Gasteiger partial charge in [-0.1, -0.05) is 15.9 Å². The van der Waals surface area contributed by atoms with Crippen molar-refractivity contribution in [3.63, 3.8) is 0 Å². The van der Waals surface area contributed by atoms with Gasteiger partial charge in [0.15, 0.2) is 0 Å². The van der Waals surface area contributed by atoms with E-state index in [-0.39, 0.29) is 18.8 Å². The van der Waals surface area contributed by atoms with Gasteiger partial charge in [-0.3, -0.25) is 4.18 Å². The Morgan fingerprint density at radius 2 is 1.95 bits per heavy atom. The van der Waals surface area contributed by atoms with Gasteiger partial charge in [-0.05, 0) is 24.3 Å². The maximum absolute atomic E-state index is 12.1. The molecule has 1 heterocycles. The van der Waals surface area contributed by atoms with Crippen molar-refractivity contribution >= 4 is 26.0 Å². The zero-order valence-electron chi connectivity index (χ0n) is 10.6. The van der Waals surface area contributed by atoms with Crippen LogP contribution < -0.4 is 5.69 Å². The van der Waals surface area contributed by atoms with Crippen LogP contribution in [0.1, 0.15) is 0 Å². The van der Waals surface area contributed by atoms with E-state index in [1.54, 1.807) is 12.1 Å². The molecule has 0 aliphatic carbocycles. The number of nitrogens with zero attached hydrogens (tertiary/aromatic N) is 3. The molecule has 108 valence electrons. The zero-order chi connectivity index (χ0) is 14.8. The summed E-state index contributed by atoms with van der Waals surface area (Å²) in [4.78, 5) is 12.1. The first-order valence-electron chi connectivity index (χ1n) is 5.61. The molecule has 2 aromatic rings. The summed E-state index contributed by atoms with van der Waals surface area (Å²) in [6.07, 6.45) is 2.34. The van der Waals surface area contributed by atoms with Crippen molar-refractivity contribution in [3.8, 4) is 5.69 Å². The molecular formula is C11H12BrN3O4S. The van der Waals surface area contributed by atoms with Gasteiger partial charge in [-0.2, -0.15) is 13.5 Å². The van der Waals surface area contributed by atoms with Crippen LogP contribution in [0.4, 0.5) is 0 Å². The molecule has 0 unspecified atom stereocenters. The lowest BCUT2D eigenvalue weighted by Gasteiger charge is -2.01. The van der Waals surface area contributed by atoms with Crippen molar-refractivity contribution < 1.29 is 12.6 Å². The van der Waals surface area contributed by atoms with Crippen LogP contribution in [-0.2, 0) is 20.8 Å². The fourth-order valence-corrected chi connectivity index (χ4v) is 2.19. The molecule has 1 aromatic carbocycles. The first kappa shape index (κ1) is 14.9. The number of hydrogen-bond acceptors (Lipinski definition) is 5. The second-order valence-electron chi connectivity index (χ2n) is 4.01. The summed E-state index contributed by atoms with van der Waals surface area (Å²) in [5.74, 6) is 0. The van der Waals surface area contributed by atoms with Crippen LogP contribution in [-0.4, -0.2) is 35.6 Å². The van der Waals surface area contributed by atoms with E-state index in [9.17, 15) is 13.2 Å². The van der Waals surface area contributed by atoms with Gasteiger partial charge in [0.25, 0.3) is 10.1 Å². The molecular weight excluding hydrogens is 350 g/mol. The highest BCUT2D eigenvalue weighted by atomic mass is 79.9. The number of rotatable bonds is 5. The number of halogens is 1. The second-order valence-corrected chi connectivity index (χ2v) is 6.57. The standard InChI is InChI=1S/C11H12BrN3O4S/c1-20(17,18)19-7-6-15-11(16)14(8-13-15)10-4-2-9(12)3-5-10/h2-5,8H,6-7H2,1H3. The summed E-state index contributed by atoms with van der Waals surface area (Å²) in [6, 6.07) is 7.16. The minimum atomic E-state index is -3.51. The molecule has 0 aliphatic heterocycles. The van der Waals surface area contributed by atoms with Gasteiger partial charge in [0.05, 0.1) is 25.1 Å². The molecule has 9 heteroatoms. The summed E-state index contributed by atoms with van der Waals surface area (Å²) in [5, 5.41) is 3.91. The maximum atomic E-state index is 12.1. The molecule has 0 N–H and O–H groups in total. The van der Waals surface area contributed by atoms with E-state index in [1.165, 1.54) is 10.9 Å². The summed E-state index contributed by atoms with van der Waals surface area (Å²) in [7, 11) is -3.51. The first-order chi connectivity index (χ1) is 9.37. The number of benzene rings is 1. The molecule has 0 saturated heterocycles. The molecule has 1 aromatic heterocycles. The van der Waals surface area contributed by atoms with Gasteiger partial charge < -0.3 is 0 Å². The molecule has 0 bridgehead atoms. The second kappa shape index (κ2) is 5.90. The highest BCUT2D eigenvalue weighted by Gasteiger charge is 2.08. The molecule has 0 aliphatic rings. The van der Waals surface area contributed by atoms with E-state index >= 15 is 0 Å². The molecule has 0 amide bonds. The van der Waals surface area contributed by atoms with Crippen LogP contribution in [0.2, 0.25) is 0 Å². The molecule has 0 fully saturated rings. The minimum Gasteiger partial charge on any atom is -0.268 e. The van der Waals surface area contributed by atoms with E-state index in [2.05, 4.69) is 25.2 Å². The molecule has 0 spiro atoms. The summed E-state index contributed by atoms with van der Waals surface area (Å²) < 4.78 is 29.6. The van der Waals surface area contributed by atoms with Gasteiger partial charge in [0.1, 0.15) is 6.33 Å². The third kappa shape index (κ3) is 3.78. The topological polar surface area (TPSA) is 83.2 Å². The lowest BCUT2D eigenvalue weighted by atomic mass is 10.3. The van der Waals surface area contributed by atoms with Gasteiger partial charge >= 0.3 is 5.69 Å². The van der Waals surface area contributed by atoms with Crippen LogP contribution in [0.5, 0.6) is 0 Å². The van der Waals surface area contributed by atoms with Gasteiger partial charge in [0, 0.05) is 4.47 Å². The molecule has 2 rings (SSSR count). The van der Waals surface area contributed by atoms with Crippen molar-refractivity contribution in [2.75, 3.05) is 12.9 Å². The Balaban J connectivity index is 2.15. The van der Waals surface area contributed by atoms with E-state index in [0.29, 0.717) is 5.69 Å². The summed E-state index contributed by atoms with van der Waals surface area (Å²) in [6.45, 7) is -0.0640. The van der Waals surface area contributed by atoms with Gasteiger partial charge in [-0.25, -0.2) is 14.0 Å². The Labute approximate surface area is 124 Å². The lowest BCUT2D eigenvalue weighted by Crippen LogP contribution is -2.26. The Kier molecular flexibility index (Phi) is 4.41. The van der Waals surface area contributed by atoms with Crippen LogP contribution in [0.3, 0.4) is 0 Å². The fraction of sp³-hybridized carbons (Fsp3) is 0.273. The molecule has 20 heavy (non-hydrogen) atoms. The van der Waals surface area contributed by atoms with E-state index in [1.807, 2.05) is 12.1 Å². The van der Waals surface area contributed by atoms with Crippen molar-refractivity contribution in [2.24, 2.45) is 0 Å². The van der Waals surface area contributed by atoms with Gasteiger partial charge in [-0.15, -0.1) is 0 Å². The molecule has 0 atom stereocenters.